The Morgan fingerprint density at radius 1 is 0.493 bits per heavy atom. The zero-order valence-corrected chi connectivity index (χ0v) is 45.5. The summed E-state index contributed by atoms with van der Waals surface area (Å²) in [6, 6.07) is -1.20. The molecule has 9 unspecified atom stereocenters. The molecule has 1 amide bonds. The van der Waals surface area contributed by atoms with Gasteiger partial charge in [0.2, 0.25) is 5.91 Å². The predicted molar refractivity (Wildman–Crippen MR) is 293 cm³/mol. The van der Waals surface area contributed by atoms with Crippen molar-refractivity contribution in [1.82, 2.24) is 5.32 Å². The van der Waals surface area contributed by atoms with Gasteiger partial charge in [-0.05, 0) is 77.0 Å². The molecule has 0 aliphatic carbocycles. The Morgan fingerprint density at radius 2 is 0.887 bits per heavy atom. The van der Waals surface area contributed by atoms with E-state index in [1.54, 1.807) is 0 Å². The highest BCUT2D eigenvalue weighted by molar-refractivity contribution is 5.80. The minimum Gasteiger partial charge on any atom is -0.394 e. The van der Waals surface area contributed by atoms with E-state index in [-0.39, 0.29) is 12.8 Å². The van der Waals surface area contributed by atoms with Crippen molar-refractivity contribution in [2.75, 3.05) is 13.2 Å². The zero-order valence-electron chi connectivity index (χ0n) is 45.5. The number of allylic oxidation sites excluding steroid dienone is 8. The van der Waals surface area contributed by atoms with Crippen molar-refractivity contribution < 1.29 is 50.0 Å². The first-order valence-corrected chi connectivity index (χ1v) is 29.6. The highest BCUT2D eigenvalue weighted by Gasteiger charge is 2.44. The fourth-order valence-electron chi connectivity index (χ4n) is 9.27. The molecule has 71 heavy (non-hydrogen) atoms. The molecule has 1 aliphatic rings. The van der Waals surface area contributed by atoms with Gasteiger partial charge in [-0.1, -0.05) is 229 Å². The van der Waals surface area contributed by atoms with Gasteiger partial charge in [-0.25, -0.2) is 0 Å². The molecule has 0 saturated carbocycles. The molecular weight excluding hydrogens is 895 g/mol. The number of aliphatic hydroxyl groups excluding tert-OH is 7. The van der Waals surface area contributed by atoms with E-state index in [1.807, 2.05) is 0 Å². The number of unbranched alkanes of at least 4 members (excludes halogenated alkanes) is 31. The van der Waals surface area contributed by atoms with Gasteiger partial charge in [0, 0.05) is 0 Å². The molecule has 0 aromatic heterocycles. The number of carbonyl (C=O) groups excluding carboxylic acids is 1. The van der Waals surface area contributed by atoms with Crippen LogP contribution < -0.4 is 5.32 Å². The Kier molecular flexibility index (Phi) is 46.3. The summed E-state index contributed by atoms with van der Waals surface area (Å²) in [7, 11) is 0. The number of aliphatic hydroxyl groups is 7. The lowest BCUT2D eigenvalue weighted by Gasteiger charge is -2.40. The second kappa shape index (κ2) is 49.0. The summed E-state index contributed by atoms with van der Waals surface area (Å²) in [5.74, 6) is -0.723. The van der Waals surface area contributed by atoms with Gasteiger partial charge < -0.3 is 50.5 Å². The molecule has 11 nitrogen and oxygen atoms in total. The summed E-state index contributed by atoms with van der Waals surface area (Å²) in [6.07, 6.45) is 50.5. The number of hydrogen-bond acceptors (Lipinski definition) is 10. The van der Waals surface area contributed by atoms with Crippen molar-refractivity contribution in [2.24, 2.45) is 0 Å². The van der Waals surface area contributed by atoms with Crippen LogP contribution in [0.2, 0.25) is 0 Å². The quantitative estimate of drug-likeness (QED) is 0.0165. The molecule has 1 fully saturated rings. The van der Waals surface area contributed by atoms with E-state index < -0.39 is 74.2 Å². The van der Waals surface area contributed by atoms with Gasteiger partial charge in [-0.15, -0.1) is 0 Å². The molecule has 1 aliphatic heterocycles. The lowest BCUT2D eigenvalue weighted by Crippen LogP contribution is -2.60. The van der Waals surface area contributed by atoms with Crippen LogP contribution in [0, 0.1) is 0 Å². The molecule has 0 aromatic rings. The molecule has 0 bridgehead atoms. The van der Waals surface area contributed by atoms with E-state index in [0.717, 1.165) is 57.8 Å². The standard InChI is InChI=1S/C60H111NO10/c1-3-5-7-9-11-13-15-17-19-20-21-22-23-24-25-26-27-28-29-30-31-32-33-34-36-37-39-41-43-45-47-52(63)55(65)51(50-70-60-58(68)57(67)56(66)54(49-62)71-60)61-59(69)53(64)48-46-44-42-40-38-35-18-16-14-12-10-8-6-4-2/h12,14,16,18,33-34,39,41,51-58,60,62-68H,3-11,13,15,17,19-32,35-38,40,42-50H2,1-2H3,(H,61,69)/b14-12-,18-16-,34-33+,41-39+. The number of carbonyl (C=O) groups is 1. The molecule has 1 heterocycles. The maximum Gasteiger partial charge on any atom is 0.249 e. The third-order valence-electron chi connectivity index (χ3n) is 14.1. The van der Waals surface area contributed by atoms with Crippen LogP contribution in [0.1, 0.15) is 258 Å². The maximum atomic E-state index is 13.1. The Morgan fingerprint density at radius 3 is 1.37 bits per heavy atom. The van der Waals surface area contributed by atoms with Crippen LogP contribution in [0.25, 0.3) is 0 Å². The van der Waals surface area contributed by atoms with E-state index >= 15 is 0 Å². The smallest absolute Gasteiger partial charge is 0.249 e. The lowest BCUT2D eigenvalue weighted by atomic mass is 9.98. The summed E-state index contributed by atoms with van der Waals surface area (Å²) >= 11 is 0. The van der Waals surface area contributed by atoms with Crippen molar-refractivity contribution in [3.63, 3.8) is 0 Å². The van der Waals surface area contributed by atoms with Crippen molar-refractivity contribution >= 4 is 5.91 Å². The van der Waals surface area contributed by atoms with Gasteiger partial charge in [0.15, 0.2) is 6.29 Å². The Labute approximate surface area is 434 Å². The van der Waals surface area contributed by atoms with Crippen molar-refractivity contribution in [3.05, 3.63) is 48.6 Å². The van der Waals surface area contributed by atoms with Gasteiger partial charge in [0.1, 0.15) is 36.6 Å². The monoisotopic (exact) mass is 1010 g/mol. The molecular formula is C60H111NO10. The van der Waals surface area contributed by atoms with Crippen LogP contribution in [0.5, 0.6) is 0 Å². The summed E-state index contributed by atoms with van der Waals surface area (Å²) in [5, 5.41) is 76.0. The van der Waals surface area contributed by atoms with Gasteiger partial charge >= 0.3 is 0 Å². The molecule has 1 rings (SSSR count). The second-order valence-electron chi connectivity index (χ2n) is 20.7. The summed E-state index contributed by atoms with van der Waals surface area (Å²) in [5.41, 5.74) is 0. The fraction of sp³-hybridized carbons (Fsp3) is 0.850. The molecule has 11 heteroatoms. The molecule has 416 valence electrons. The lowest BCUT2D eigenvalue weighted by molar-refractivity contribution is -0.303. The summed E-state index contributed by atoms with van der Waals surface area (Å²) < 4.78 is 11.1. The predicted octanol–water partition coefficient (Wildman–Crippen LogP) is 12.5. The van der Waals surface area contributed by atoms with Crippen LogP contribution in [-0.4, -0.2) is 110 Å². The average Bonchev–Trinajstić information content (AvgIpc) is 3.37. The van der Waals surface area contributed by atoms with Gasteiger partial charge in [-0.2, -0.15) is 0 Å². The van der Waals surface area contributed by atoms with Crippen molar-refractivity contribution in [3.8, 4) is 0 Å². The first kappa shape index (κ1) is 67.1. The highest BCUT2D eigenvalue weighted by Crippen LogP contribution is 2.23. The Balaban J connectivity index is 2.28. The second-order valence-corrected chi connectivity index (χ2v) is 20.7. The molecule has 0 spiro atoms. The van der Waals surface area contributed by atoms with E-state index in [2.05, 4.69) is 67.8 Å². The molecule has 1 saturated heterocycles. The number of nitrogens with one attached hydrogen (secondary N) is 1. The highest BCUT2D eigenvalue weighted by atomic mass is 16.7. The Bertz CT molecular complexity index is 1290. The fourth-order valence-corrected chi connectivity index (χ4v) is 9.27. The first-order chi connectivity index (χ1) is 34.7. The molecule has 0 aromatic carbocycles. The SMILES string of the molecule is CCCCC/C=C\C=C/CCCCCCCC(O)C(=O)NC(COC1OC(CO)C(O)C(O)C1O)C(O)C(O)CCC/C=C/CC/C=C/CCCCCCCCCCCCCCCCCCCCCCC. The summed E-state index contributed by atoms with van der Waals surface area (Å²) in [4.78, 5) is 13.1. The number of rotatable bonds is 50. The number of hydrogen-bond donors (Lipinski definition) is 8. The Hall–Kier alpha value is -1.93. The van der Waals surface area contributed by atoms with Gasteiger partial charge in [0.25, 0.3) is 0 Å². The average molecular weight is 1010 g/mol. The minimum absolute atomic E-state index is 0.231. The first-order valence-electron chi connectivity index (χ1n) is 29.6. The van der Waals surface area contributed by atoms with Crippen LogP contribution in [0.4, 0.5) is 0 Å². The topological polar surface area (TPSA) is 189 Å². The maximum absolute atomic E-state index is 13.1. The molecule has 0 radical (unpaired) electrons. The van der Waals surface area contributed by atoms with E-state index in [1.165, 1.54) is 154 Å². The van der Waals surface area contributed by atoms with Crippen molar-refractivity contribution in [2.45, 2.75) is 313 Å². The van der Waals surface area contributed by atoms with Crippen LogP contribution >= 0.6 is 0 Å². The normalized spacial score (nSPS) is 20.5. The third kappa shape index (κ3) is 37.5. The van der Waals surface area contributed by atoms with Crippen LogP contribution in [0.15, 0.2) is 48.6 Å². The van der Waals surface area contributed by atoms with Crippen LogP contribution in [0.3, 0.4) is 0 Å². The van der Waals surface area contributed by atoms with Crippen LogP contribution in [-0.2, 0) is 14.3 Å². The third-order valence-corrected chi connectivity index (χ3v) is 14.1. The summed E-state index contributed by atoms with van der Waals surface area (Å²) in [6.45, 7) is 3.40. The van der Waals surface area contributed by atoms with E-state index in [4.69, 9.17) is 9.47 Å². The molecule has 9 atom stereocenters. The molecule has 8 N–H and O–H groups in total. The number of ether oxygens (including phenoxy) is 2. The number of amides is 1. The van der Waals surface area contributed by atoms with Crippen molar-refractivity contribution in [1.29, 1.82) is 0 Å². The van der Waals surface area contributed by atoms with Gasteiger partial charge in [0.05, 0.1) is 25.4 Å². The van der Waals surface area contributed by atoms with Gasteiger partial charge in [-0.3, -0.25) is 4.79 Å². The minimum atomic E-state index is -1.68. The zero-order chi connectivity index (χ0) is 51.8. The largest absolute Gasteiger partial charge is 0.394 e. The van der Waals surface area contributed by atoms with E-state index in [9.17, 15) is 40.5 Å². The van der Waals surface area contributed by atoms with E-state index in [0.29, 0.717) is 19.3 Å².